The van der Waals surface area contributed by atoms with E-state index in [9.17, 15) is 0 Å². The minimum Gasteiger partial charge on any atom is -0.0842 e. The van der Waals surface area contributed by atoms with E-state index < -0.39 is 0 Å². The number of hydrogen-bond donors (Lipinski definition) is 0. The van der Waals surface area contributed by atoms with Gasteiger partial charge < -0.3 is 0 Å². The summed E-state index contributed by atoms with van der Waals surface area (Å²) >= 11 is 0. The van der Waals surface area contributed by atoms with Crippen LogP contribution in [-0.2, 0) is 5.41 Å². The van der Waals surface area contributed by atoms with Crippen LogP contribution >= 0.6 is 0 Å². The van der Waals surface area contributed by atoms with Crippen LogP contribution in [0.1, 0.15) is 111 Å². The van der Waals surface area contributed by atoms with E-state index in [-0.39, 0.29) is 5.41 Å². The third kappa shape index (κ3) is 11.7. The Morgan fingerprint density at radius 2 is 1.05 bits per heavy atom. The molecule has 59 heavy (non-hydrogen) atoms. The van der Waals surface area contributed by atoms with E-state index in [2.05, 4.69) is 211 Å². The van der Waals surface area contributed by atoms with Crippen LogP contribution in [0.4, 0.5) is 0 Å². The highest BCUT2D eigenvalue weighted by Crippen LogP contribution is 2.59. The molecule has 6 aromatic rings. The molecule has 0 N–H and O–H groups in total. The zero-order valence-corrected chi connectivity index (χ0v) is 37.6. The normalized spacial score (nSPS) is 14.9. The third-order valence-electron chi connectivity index (χ3n) is 11.0. The largest absolute Gasteiger partial charge is 0.0842 e. The van der Waals surface area contributed by atoms with Gasteiger partial charge in [0.05, 0.1) is 5.41 Å². The molecule has 0 radical (unpaired) electrons. The lowest BCUT2D eigenvalue weighted by molar-refractivity contribution is 0.689. The summed E-state index contributed by atoms with van der Waals surface area (Å²) in [5.74, 6) is 0.468. The fraction of sp³-hybridized carbons (Fsp3) is 0.254. The standard InChI is InChI=1S/C26H22.C15H16.C7H10.C7H8.2C2H6/c1-19-16-17-23-22-14-8-9-15-24(22)26(25(23)18-19,20-10-4-2-5-11-20)21-12-6-3-7-13-21;1-11-8-9-15(13(3)10-11)14-7-5-4-6-12(14)2;2*1-7-5-3-2-4-6-7;2*1-2/h2-16,18,23H,17H2,1H3;4-10H,1-3H3;2-3,5H,4,6H2,1H3;2-6H,1H3;2*1-2H3. The quantitative estimate of drug-likeness (QED) is 0.168. The Kier molecular flexibility index (Phi) is 18.4. The van der Waals surface area contributed by atoms with Crippen LogP contribution in [0, 0.1) is 27.7 Å². The van der Waals surface area contributed by atoms with Gasteiger partial charge in [0.15, 0.2) is 0 Å². The van der Waals surface area contributed by atoms with Gasteiger partial charge >= 0.3 is 0 Å². The monoisotopic (exact) mass is 777 g/mol. The predicted octanol–water partition coefficient (Wildman–Crippen LogP) is 17.0. The Bertz CT molecular complexity index is 2240. The van der Waals surface area contributed by atoms with Crippen molar-refractivity contribution >= 4 is 0 Å². The Hall–Kier alpha value is -5.72. The molecule has 1 atom stereocenters. The maximum absolute atomic E-state index is 2.44. The minimum atomic E-state index is -0.195. The van der Waals surface area contributed by atoms with Gasteiger partial charge in [-0.15, -0.1) is 0 Å². The zero-order chi connectivity index (χ0) is 42.6. The molecule has 0 nitrogen and oxygen atoms in total. The van der Waals surface area contributed by atoms with Crippen molar-refractivity contribution in [1.82, 2.24) is 0 Å². The molecule has 0 aliphatic heterocycles. The molecule has 0 spiro atoms. The van der Waals surface area contributed by atoms with Crippen LogP contribution < -0.4 is 0 Å². The summed E-state index contributed by atoms with van der Waals surface area (Å²) in [6.07, 6.45) is 14.9. The lowest BCUT2D eigenvalue weighted by Crippen LogP contribution is -2.29. The van der Waals surface area contributed by atoms with E-state index in [4.69, 9.17) is 0 Å². The van der Waals surface area contributed by atoms with E-state index in [1.54, 1.807) is 0 Å². The van der Waals surface area contributed by atoms with Gasteiger partial charge in [0.1, 0.15) is 0 Å². The lowest BCUT2D eigenvalue weighted by Gasteiger charge is -2.36. The fourth-order valence-electron chi connectivity index (χ4n) is 8.23. The van der Waals surface area contributed by atoms with Crippen molar-refractivity contribution in [1.29, 1.82) is 0 Å². The van der Waals surface area contributed by atoms with Gasteiger partial charge in [0.2, 0.25) is 0 Å². The number of benzene rings is 6. The van der Waals surface area contributed by atoms with Gasteiger partial charge in [-0.3, -0.25) is 0 Å². The van der Waals surface area contributed by atoms with Crippen LogP contribution in [0.15, 0.2) is 205 Å². The van der Waals surface area contributed by atoms with Crippen LogP contribution in [0.3, 0.4) is 0 Å². The Morgan fingerprint density at radius 1 is 0.508 bits per heavy atom. The Labute approximate surface area is 358 Å². The molecule has 3 aliphatic carbocycles. The summed E-state index contributed by atoms with van der Waals surface area (Å²) in [5.41, 5.74) is 17.9. The third-order valence-corrected chi connectivity index (χ3v) is 11.0. The zero-order valence-electron chi connectivity index (χ0n) is 37.6. The molecule has 3 aliphatic rings. The number of rotatable bonds is 3. The molecule has 304 valence electrons. The molecule has 0 aromatic heterocycles. The highest BCUT2D eigenvalue weighted by atomic mass is 14.5. The summed E-state index contributed by atoms with van der Waals surface area (Å²) in [6.45, 7) is 21.0. The summed E-state index contributed by atoms with van der Waals surface area (Å²) in [7, 11) is 0. The van der Waals surface area contributed by atoms with Crippen LogP contribution in [0.2, 0.25) is 0 Å². The molecular formula is C59H68. The molecule has 1 unspecified atom stereocenters. The fourth-order valence-corrected chi connectivity index (χ4v) is 8.23. The molecule has 9 rings (SSSR count). The SMILES string of the molecule is CC.CC.CC1=CC=CCC1.CC1=CCC2C(=C1)C(c1ccccc1)(c1ccccc1)c1ccccc12.Cc1ccc(-c2ccccc2C)c(C)c1.Cc1ccccc1. The average molecular weight is 777 g/mol. The number of allylic oxidation sites excluding steroid dienone is 8. The van der Waals surface area contributed by atoms with Crippen molar-refractivity contribution in [2.45, 2.75) is 99.8 Å². The molecule has 0 fully saturated rings. The lowest BCUT2D eigenvalue weighted by atomic mass is 9.66. The first-order chi connectivity index (χ1) is 28.8. The van der Waals surface area contributed by atoms with Gasteiger partial charge in [0.25, 0.3) is 0 Å². The Morgan fingerprint density at radius 3 is 1.56 bits per heavy atom. The second-order valence-corrected chi connectivity index (χ2v) is 15.2. The summed E-state index contributed by atoms with van der Waals surface area (Å²) in [6, 6.07) is 56.5. The van der Waals surface area contributed by atoms with E-state index in [0.717, 1.165) is 6.42 Å². The molecule has 6 aromatic carbocycles. The van der Waals surface area contributed by atoms with E-state index >= 15 is 0 Å². The molecule has 0 saturated carbocycles. The second-order valence-electron chi connectivity index (χ2n) is 15.2. The molecule has 0 heteroatoms. The van der Waals surface area contributed by atoms with Crippen LogP contribution in [-0.4, -0.2) is 0 Å². The van der Waals surface area contributed by atoms with Crippen LogP contribution in [0.25, 0.3) is 11.1 Å². The Balaban J connectivity index is 0.000000196. The maximum atomic E-state index is 2.44. The van der Waals surface area contributed by atoms with Gasteiger partial charge in [-0.2, -0.15) is 0 Å². The van der Waals surface area contributed by atoms with Crippen molar-refractivity contribution in [2.24, 2.45) is 0 Å². The van der Waals surface area contributed by atoms with Crippen molar-refractivity contribution in [3.63, 3.8) is 0 Å². The van der Waals surface area contributed by atoms with Crippen molar-refractivity contribution < 1.29 is 0 Å². The minimum absolute atomic E-state index is 0.195. The molecular weight excluding hydrogens is 709 g/mol. The molecule has 0 heterocycles. The van der Waals surface area contributed by atoms with E-state index in [0.29, 0.717) is 5.92 Å². The summed E-state index contributed by atoms with van der Waals surface area (Å²) < 4.78 is 0. The highest BCUT2D eigenvalue weighted by molar-refractivity contribution is 5.71. The topological polar surface area (TPSA) is 0 Å². The van der Waals surface area contributed by atoms with Gasteiger partial charge in [-0.05, 0) is 111 Å². The summed E-state index contributed by atoms with van der Waals surface area (Å²) in [4.78, 5) is 0. The summed E-state index contributed by atoms with van der Waals surface area (Å²) in [5, 5.41) is 0. The van der Waals surface area contributed by atoms with Gasteiger partial charge in [0, 0.05) is 5.92 Å². The second kappa shape index (κ2) is 23.6. The maximum Gasteiger partial charge on any atom is 0.0673 e. The number of hydrogen-bond acceptors (Lipinski definition) is 0. The van der Waals surface area contributed by atoms with E-state index in [1.807, 2.05) is 45.9 Å². The number of fused-ring (bicyclic) bond motifs is 3. The molecule has 0 saturated heterocycles. The van der Waals surface area contributed by atoms with Gasteiger partial charge in [-0.1, -0.05) is 238 Å². The first-order valence-corrected chi connectivity index (χ1v) is 21.9. The number of aryl methyl sites for hydroxylation is 4. The van der Waals surface area contributed by atoms with Crippen molar-refractivity contribution in [2.75, 3.05) is 0 Å². The first kappa shape index (κ1) is 46.0. The first-order valence-electron chi connectivity index (χ1n) is 21.9. The predicted molar refractivity (Wildman–Crippen MR) is 261 cm³/mol. The molecule has 0 bridgehead atoms. The smallest absolute Gasteiger partial charge is 0.0673 e. The van der Waals surface area contributed by atoms with Crippen molar-refractivity contribution in [3.05, 3.63) is 249 Å². The van der Waals surface area contributed by atoms with Crippen molar-refractivity contribution in [3.8, 4) is 11.1 Å². The van der Waals surface area contributed by atoms with Crippen LogP contribution in [0.5, 0.6) is 0 Å². The van der Waals surface area contributed by atoms with Gasteiger partial charge in [-0.25, -0.2) is 0 Å². The average Bonchev–Trinajstić information content (AvgIpc) is 3.57. The molecule has 0 amide bonds. The van der Waals surface area contributed by atoms with E-state index in [1.165, 1.54) is 85.2 Å². The highest BCUT2D eigenvalue weighted by Gasteiger charge is 2.50.